The largest absolute Gasteiger partial charge is 0.325 e. The van der Waals surface area contributed by atoms with E-state index in [-0.39, 0.29) is 5.91 Å². The molecule has 104 valence electrons. The molecule has 0 spiro atoms. The molecular weight excluding hydrogens is 236 g/mol. The van der Waals surface area contributed by atoms with Gasteiger partial charge in [0.25, 0.3) is 0 Å². The third-order valence-corrected chi connectivity index (χ3v) is 2.88. The van der Waals surface area contributed by atoms with Crippen molar-refractivity contribution in [2.45, 2.75) is 32.6 Å². The molecule has 1 rings (SSSR count). The van der Waals surface area contributed by atoms with Crippen LogP contribution in [0, 0.1) is 0 Å². The van der Waals surface area contributed by atoms with Crippen LogP contribution in [0.5, 0.6) is 0 Å². The number of hydrogen-bond donors (Lipinski definition) is 2. The number of unbranched alkanes of at least 4 members (excludes halogenated alkanes) is 2. The first-order valence-corrected chi connectivity index (χ1v) is 6.96. The van der Waals surface area contributed by atoms with Crippen molar-refractivity contribution in [1.82, 2.24) is 5.32 Å². The zero-order valence-electron chi connectivity index (χ0n) is 11.7. The van der Waals surface area contributed by atoms with Crippen LogP contribution in [0.25, 0.3) is 0 Å². The molecule has 0 saturated carbocycles. The predicted molar refractivity (Wildman–Crippen MR) is 81.4 cm³/mol. The van der Waals surface area contributed by atoms with Crippen molar-refractivity contribution in [3.05, 3.63) is 42.5 Å². The van der Waals surface area contributed by atoms with Crippen molar-refractivity contribution >= 4 is 11.6 Å². The molecule has 0 radical (unpaired) electrons. The summed E-state index contributed by atoms with van der Waals surface area (Å²) < 4.78 is 0. The number of amides is 1. The van der Waals surface area contributed by atoms with Crippen LogP contribution in [0.2, 0.25) is 0 Å². The number of aryl methyl sites for hydroxylation is 1. The average Bonchev–Trinajstić information content (AvgIpc) is 2.41. The number of hydrogen-bond acceptors (Lipinski definition) is 2. The number of carbonyl (C=O) groups is 1. The van der Waals surface area contributed by atoms with Gasteiger partial charge < -0.3 is 10.6 Å². The van der Waals surface area contributed by atoms with Gasteiger partial charge in [0.05, 0.1) is 6.54 Å². The minimum Gasteiger partial charge on any atom is -0.325 e. The fourth-order valence-corrected chi connectivity index (χ4v) is 1.83. The van der Waals surface area contributed by atoms with Crippen LogP contribution in [0.15, 0.2) is 36.9 Å². The van der Waals surface area contributed by atoms with E-state index in [1.165, 1.54) is 24.8 Å². The second kappa shape index (κ2) is 9.34. The van der Waals surface area contributed by atoms with Crippen molar-refractivity contribution in [2.24, 2.45) is 0 Å². The van der Waals surface area contributed by atoms with Crippen LogP contribution in [-0.4, -0.2) is 19.0 Å². The molecule has 0 atom stereocenters. The summed E-state index contributed by atoms with van der Waals surface area (Å²) in [5.74, 6) is -0.0272. The minimum atomic E-state index is -0.0272. The molecule has 1 aromatic carbocycles. The lowest BCUT2D eigenvalue weighted by molar-refractivity contribution is -0.115. The Morgan fingerprint density at radius 3 is 2.63 bits per heavy atom. The van der Waals surface area contributed by atoms with Crippen LogP contribution in [0.3, 0.4) is 0 Å². The van der Waals surface area contributed by atoms with E-state index < -0.39 is 0 Å². The highest BCUT2D eigenvalue weighted by Gasteiger charge is 2.01. The monoisotopic (exact) mass is 260 g/mol. The fraction of sp³-hybridized carbons (Fsp3) is 0.438. The molecule has 0 saturated heterocycles. The highest BCUT2D eigenvalue weighted by molar-refractivity contribution is 5.92. The maximum absolute atomic E-state index is 11.6. The maximum Gasteiger partial charge on any atom is 0.238 e. The van der Waals surface area contributed by atoms with Gasteiger partial charge in [0.1, 0.15) is 0 Å². The van der Waals surface area contributed by atoms with E-state index in [0.29, 0.717) is 13.1 Å². The molecule has 0 aliphatic rings. The molecule has 0 aliphatic carbocycles. The molecule has 0 aromatic heterocycles. The molecule has 0 unspecified atom stereocenters. The van der Waals surface area contributed by atoms with Crippen molar-refractivity contribution < 1.29 is 4.79 Å². The average molecular weight is 260 g/mol. The zero-order valence-corrected chi connectivity index (χ0v) is 11.7. The van der Waals surface area contributed by atoms with Gasteiger partial charge in [-0.25, -0.2) is 0 Å². The summed E-state index contributed by atoms with van der Waals surface area (Å²) in [7, 11) is 0. The Labute approximate surface area is 116 Å². The van der Waals surface area contributed by atoms with Crippen molar-refractivity contribution in [2.75, 3.05) is 18.4 Å². The van der Waals surface area contributed by atoms with E-state index in [9.17, 15) is 4.79 Å². The number of anilines is 1. The van der Waals surface area contributed by atoms with E-state index in [0.717, 1.165) is 12.1 Å². The van der Waals surface area contributed by atoms with Gasteiger partial charge in [-0.15, -0.1) is 6.58 Å². The summed E-state index contributed by atoms with van der Waals surface area (Å²) in [6.07, 6.45) is 6.59. The molecule has 2 N–H and O–H groups in total. The van der Waals surface area contributed by atoms with E-state index in [2.05, 4.69) is 36.3 Å². The highest BCUT2D eigenvalue weighted by atomic mass is 16.1. The number of rotatable bonds is 9. The first kappa shape index (κ1) is 15.4. The Bertz CT molecular complexity index is 384. The highest BCUT2D eigenvalue weighted by Crippen LogP contribution is 2.12. The lowest BCUT2D eigenvalue weighted by Gasteiger charge is -2.07. The lowest BCUT2D eigenvalue weighted by atomic mass is 10.1. The summed E-state index contributed by atoms with van der Waals surface area (Å²) in [6, 6.07) is 8.10. The van der Waals surface area contributed by atoms with E-state index in [4.69, 9.17) is 0 Å². The third kappa shape index (κ3) is 6.77. The quantitative estimate of drug-likeness (QED) is 0.529. The Balaban J connectivity index is 2.34. The van der Waals surface area contributed by atoms with Gasteiger partial charge in [0.2, 0.25) is 5.91 Å². The van der Waals surface area contributed by atoms with Crippen molar-refractivity contribution in [3.63, 3.8) is 0 Å². The lowest BCUT2D eigenvalue weighted by Crippen LogP contribution is -2.28. The molecule has 3 nitrogen and oxygen atoms in total. The third-order valence-electron chi connectivity index (χ3n) is 2.88. The Hall–Kier alpha value is -1.61. The first-order chi connectivity index (χ1) is 9.26. The summed E-state index contributed by atoms with van der Waals surface area (Å²) in [4.78, 5) is 11.6. The van der Waals surface area contributed by atoms with Gasteiger partial charge in [0.15, 0.2) is 0 Å². The number of benzene rings is 1. The van der Waals surface area contributed by atoms with Crippen LogP contribution in [0.1, 0.15) is 31.7 Å². The Kier molecular flexibility index (Phi) is 7.59. The molecule has 1 aromatic rings. The summed E-state index contributed by atoms with van der Waals surface area (Å²) in [6.45, 7) is 6.75. The predicted octanol–water partition coefficient (Wildman–Crippen LogP) is 3.13. The normalized spacial score (nSPS) is 10.2. The molecule has 19 heavy (non-hydrogen) atoms. The van der Waals surface area contributed by atoms with Crippen LogP contribution in [-0.2, 0) is 11.2 Å². The van der Waals surface area contributed by atoms with Gasteiger partial charge in [-0.05, 0) is 30.5 Å². The molecule has 0 aliphatic heterocycles. The van der Waals surface area contributed by atoms with E-state index >= 15 is 0 Å². The first-order valence-electron chi connectivity index (χ1n) is 6.96. The molecule has 0 heterocycles. The van der Waals surface area contributed by atoms with E-state index in [1.54, 1.807) is 6.08 Å². The van der Waals surface area contributed by atoms with Crippen LogP contribution in [0.4, 0.5) is 5.69 Å². The van der Waals surface area contributed by atoms with Gasteiger partial charge in [-0.2, -0.15) is 0 Å². The van der Waals surface area contributed by atoms with Gasteiger partial charge in [-0.3, -0.25) is 4.79 Å². The zero-order chi connectivity index (χ0) is 13.9. The smallest absolute Gasteiger partial charge is 0.238 e. The summed E-state index contributed by atoms with van der Waals surface area (Å²) in [5, 5.41) is 5.83. The van der Waals surface area contributed by atoms with Crippen LogP contribution < -0.4 is 10.6 Å². The molecule has 0 fully saturated rings. The molecule has 1 amide bonds. The maximum atomic E-state index is 11.6. The second-order valence-electron chi connectivity index (χ2n) is 4.62. The number of nitrogens with one attached hydrogen (secondary N) is 2. The molecule has 0 bridgehead atoms. The summed E-state index contributed by atoms with van der Waals surface area (Å²) in [5.41, 5.74) is 2.18. The van der Waals surface area contributed by atoms with Gasteiger partial charge >= 0.3 is 0 Å². The Morgan fingerprint density at radius 2 is 2.00 bits per heavy atom. The minimum absolute atomic E-state index is 0.0272. The fourth-order valence-electron chi connectivity index (χ4n) is 1.83. The SMILES string of the molecule is C=CCNCC(=O)Nc1ccc(CCCCC)cc1. The topological polar surface area (TPSA) is 41.1 Å². The second-order valence-corrected chi connectivity index (χ2v) is 4.62. The Morgan fingerprint density at radius 1 is 1.26 bits per heavy atom. The molecule has 3 heteroatoms. The van der Waals surface area contributed by atoms with Crippen LogP contribution >= 0.6 is 0 Å². The summed E-state index contributed by atoms with van der Waals surface area (Å²) >= 11 is 0. The van der Waals surface area contributed by atoms with Gasteiger partial charge in [0, 0.05) is 12.2 Å². The van der Waals surface area contributed by atoms with Crippen molar-refractivity contribution in [3.8, 4) is 0 Å². The van der Waals surface area contributed by atoms with Crippen molar-refractivity contribution in [1.29, 1.82) is 0 Å². The number of carbonyl (C=O) groups excluding carboxylic acids is 1. The molecular formula is C16H24N2O. The van der Waals surface area contributed by atoms with Gasteiger partial charge in [-0.1, -0.05) is 38.0 Å². The van der Waals surface area contributed by atoms with E-state index in [1.807, 2.05) is 12.1 Å². The standard InChI is InChI=1S/C16H24N2O/c1-3-5-6-7-14-8-10-15(11-9-14)18-16(19)13-17-12-4-2/h4,8-11,17H,2-3,5-7,12-13H2,1H3,(H,18,19).